The van der Waals surface area contributed by atoms with Crippen LogP contribution in [0.25, 0.3) is 0 Å². The SMILES string of the molecule is Cc1ccc(S(=O)(=O)C(C)C(=O)N(C)C)cc1C. The maximum Gasteiger partial charge on any atom is 0.240 e. The van der Waals surface area contributed by atoms with Gasteiger partial charge in [0.15, 0.2) is 9.84 Å². The molecule has 0 aliphatic carbocycles. The zero-order valence-corrected chi connectivity index (χ0v) is 12.2. The lowest BCUT2D eigenvalue weighted by Crippen LogP contribution is -2.37. The van der Waals surface area contributed by atoms with Crippen LogP contribution in [0.2, 0.25) is 0 Å². The van der Waals surface area contributed by atoms with Gasteiger partial charge in [0.05, 0.1) is 4.90 Å². The molecule has 1 rings (SSSR count). The molecule has 0 heterocycles. The van der Waals surface area contributed by atoms with E-state index in [4.69, 9.17) is 0 Å². The molecular formula is C13H19NO3S. The standard InChI is InChI=1S/C13H19NO3S/c1-9-6-7-12(8-10(9)2)18(16,17)11(3)13(15)14(4)5/h6-8,11H,1-5H3. The Hall–Kier alpha value is -1.36. The molecule has 1 aromatic rings. The van der Waals surface area contributed by atoms with Crippen LogP contribution < -0.4 is 0 Å². The molecule has 18 heavy (non-hydrogen) atoms. The molecule has 5 heteroatoms. The largest absolute Gasteiger partial charge is 0.348 e. The van der Waals surface area contributed by atoms with Crippen molar-refractivity contribution < 1.29 is 13.2 Å². The van der Waals surface area contributed by atoms with Gasteiger partial charge in [-0.25, -0.2) is 8.42 Å². The van der Waals surface area contributed by atoms with Crippen LogP contribution in [0.5, 0.6) is 0 Å². The first-order valence-electron chi connectivity index (χ1n) is 5.70. The van der Waals surface area contributed by atoms with Crippen molar-refractivity contribution in [3.63, 3.8) is 0 Å². The first-order chi connectivity index (χ1) is 8.17. The minimum absolute atomic E-state index is 0.202. The minimum atomic E-state index is -3.61. The number of hydrogen-bond acceptors (Lipinski definition) is 3. The van der Waals surface area contributed by atoms with E-state index >= 15 is 0 Å². The fourth-order valence-electron chi connectivity index (χ4n) is 1.59. The molecule has 0 saturated heterocycles. The van der Waals surface area contributed by atoms with Gasteiger partial charge in [-0.3, -0.25) is 4.79 Å². The summed E-state index contributed by atoms with van der Waals surface area (Å²) in [5, 5.41) is -1.06. The summed E-state index contributed by atoms with van der Waals surface area (Å²) >= 11 is 0. The monoisotopic (exact) mass is 269 g/mol. The lowest BCUT2D eigenvalue weighted by molar-refractivity contribution is -0.127. The Balaban J connectivity index is 3.21. The normalized spacial score (nSPS) is 13.2. The van der Waals surface area contributed by atoms with E-state index in [1.165, 1.54) is 11.8 Å². The van der Waals surface area contributed by atoms with E-state index in [1.807, 2.05) is 13.8 Å². The molecule has 0 spiro atoms. The summed E-state index contributed by atoms with van der Waals surface area (Å²) in [6, 6.07) is 4.93. The predicted molar refractivity (Wildman–Crippen MR) is 71.3 cm³/mol. The van der Waals surface area contributed by atoms with Crippen molar-refractivity contribution in [3.05, 3.63) is 29.3 Å². The Morgan fingerprint density at radius 2 is 1.72 bits per heavy atom. The van der Waals surface area contributed by atoms with Gasteiger partial charge in [0.2, 0.25) is 5.91 Å². The summed E-state index contributed by atoms with van der Waals surface area (Å²) in [5.74, 6) is -0.409. The molecule has 0 fully saturated rings. The van der Waals surface area contributed by atoms with Gasteiger partial charge in [-0.15, -0.1) is 0 Å². The highest BCUT2D eigenvalue weighted by atomic mass is 32.2. The van der Waals surface area contributed by atoms with Crippen molar-refractivity contribution in [1.82, 2.24) is 4.90 Å². The second kappa shape index (κ2) is 5.10. The van der Waals surface area contributed by atoms with Gasteiger partial charge < -0.3 is 4.90 Å². The van der Waals surface area contributed by atoms with Crippen LogP contribution >= 0.6 is 0 Å². The summed E-state index contributed by atoms with van der Waals surface area (Å²) < 4.78 is 24.6. The third-order valence-electron chi connectivity index (χ3n) is 3.06. The van der Waals surface area contributed by atoms with Crippen LogP contribution in [-0.2, 0) is 14.6 Å². The fourth-order valence-corrected chi connectivity index (χ4v) is 3.07. The summed E-state index contributed by atoms with van der Waals surface area (Å²) in [6.07, 6.45) is 0. The van der Waals surface area contributed by atoms with Crippen LogP contribution in [0.15, 0.2) is 23.1 Å². The number of amides is 1. The number of sulfone groups is 1. The average Bonchev–Trinajstić information content (AvgIpc) is 2.30. The second-order valence-electron chi connectivity index (χ2n) is 4.67. The molecule has 4 nitrogen and oxygen atoms in total. The number of benzene rings is 1. The van der Waals surface area contributed by atoms with Crippen molar-refractivity contribution in [2.45, 2.75) is 30.9 Å². The van der Waals surface area contributed by atoms with Crippen molar-refractivity contribution in [2.24, 2.45) is 0 Å². The van der Waals surface area contributed by atoms with Crippen molar-refractivity contribution in [3.8, 4) is 0 Å². The van der Waals surface area contributed by atoms with Crippen molar-refractivity contribution in [2.75, 3.05) is 14.1 Å². The molecular weight excluding hydrogens is 250 g/mol. The molecule has 1 unspecified atom stereocenters. The summed E-state index contributed by atoms with van der Waals surface area (Å²) in [4.78, 5) is 13.3. The zero-order chi connectivity index (χ0) is 14.1. The molecule has 0 bridgehead atoms. The van der Waals surface area contributed by atoms with Crippen molar-refractivity contribution >= 4 is 15.7 Å². The first kappa shape index (κ1) is 14.7. The van der Waals surface area contributed by atoms with Crippen LogP contribution in [-0.4, -0.2) is 38.6 Å². The van der Waals surface area contributed by atoms with Gasteiger partial charge in [0.1, 0.15) is 5.25 Å². The Labute approximate surface area is 109 Å². The third kappa shape index (κ3) is 2.72. The minimum Gasteiger partial charge on any atom is -0.348 e. The van der Waals surface area contributed by atoms with E-state index < -0.39 is 21.0 Å². The molecule has 0 aliphatic heterocycles. The molecule has 0 saturated carbocycles. The maximum atomic E-state index is 12.3. The summed E-state index contributed by atoms with van der Waals surface area (Å²) in [6.45, 7) is 5.19. The number of nitrogens with zero attached hydrogens (tertiary/aromatic N) is 1. The van der Waals surface area contributed by atoms with Gasteiger partial charge in [-0.05, 0) is 44.0 Å². The molecule has 1 aromatic carbocycles. The first-order valence-corrected chi connectivity index (χ1v) is 7.25. The quantitative estimate of drug-likeness (QED) is 0.836. The van der Waals surface area contributed by atoms with E-state index in [0.717, 1.165) is 11.1 Å². The topological polar surface area (TPSA) is 54.5 Å². The molecule has 0 N–H and O–H groups in total. The van der Waals surface area contributed by atoms with Gasteiger partial charge in [-0.2, -0.15) is 0 Å². The van der Waals surface area contributed by atoms with Crippen molar-refractivity contribution in [1.29, 1.82) is 0 Å². The molecule has 0 aromatic heterocycles. The number of rotatable bonds is 3. The summed E-state index contributed by atoms with van der Waals surface area (Å²) in [7, 11) is -0.513. The van der Waals surface area contributed by atoms with E-state index in [9.17, 15) is 13.2 Å². The van der Waals surface area contributed by atoms with Gasteiger partial charge >= 0.3 is 0 Å². The molecule has 1 amide bonds. The highest BCUT2D eigenvalue weighted by Gasteiger charge is 2.30. The van der Waals surface area contributed by atoms with E-state index in [2.05, 4.69) is 0 Å². The van der Waals surface area contributed by atoms with Gasteiger partial charge in [-0.1, -0.05) is 6.07 Å². The van der Waals surface area contributed by atoms with Crippen LogP contribution in [0, 0.1) is 13.8 Å². The lowest BCUT2D eigenvalue weighted by atomic mass is 10.1. The number of aryl methyl sites for hydroxylation is 2. The van der Waals surface area contributed by atoms with E-state index in [1.54, 1.807) is 32.3 Å². The lowest BCUT2D eigenvalue weighted by Gasteiger charge is -2.17. The number of hydrogen-bond donors (Lipinski definition) is 0. The Morgan fingerprint density at radius 3 is 2.17 bits per heavy atom. The molecule has 1 atom stereocenters. The highest BCUT2D eigenvalue weighted by Crippen LogP contribution is 2.20. The smallest absolute Gasteiger partial charge is 0.240 e. The van der Waals surface area contributed by atoms with Crippen LogP contribution in [0.1, 0.15) is 18.1 Å². The van der Waals surface area contributed by atoms with Crippen LogP contribution in [0.3, 0.4) is 0 Å². The molecule has 0 aliphatic rings. The van der Waals surface area contributed by atoms with E-state index in [-0.39, 0.29) is 4.90 Å². The second-order valence-corrected chi connectivity index (χ2v) is 6.93. The predicted octanol–water partition coefficient (Wildman–Crippen LogP) is 1.55. The van der Waals surface area contributed by atoms with E-state index in [0.29, 0.717) is 0 Å². The Kier molecular flexibility index (Phi) is 4.16. The Bertz CT molecular complexity index is 562. The van der Waals surface area contributed by atoms with Gasteiger partial charge in [0.25, 0.3) is 0 Å². The number of carbonyl (C=O) groups is 1. The molecule has 0 radical (unpaired) electrons. The Morgan fingerprint density at radius 1 is 1.17 bits per heavy atom. The zero-order valence-electron chi connectivity index (χ0n) is 11.4. The maximum absolute atomic E-state index is 12.3. The number of carbonyl (C=O) groups excluding carboxylic acids is 1. The summed E-state index contributed by atoms with van der Waals surface area (Å²) in [5.41, 5.74) is 1.93. The third-order valence-corrected chi connectivity index (χ3v) is 5.10. The molecule has 100 valence electrons. The average molecular weight is 269 g/mol. The van der Waals surface area contributed by atoms with Crippen LogP contribution in [0.4, 0.5) is 0 Å². The fraction of sp³-hybridized carbons (Fsp3) is 0.462. The van der Waals surface area contributed by atoms with Gasteiger partial charge in [0, 0.05) is 14.1 Å². The highest BCUT2D eigenvalue weighted by molar-refractivity contribution is 7.92.